The Morgan fingerprint density at radius 3 is 2.68 bits per heavy atom. The number of carbonyl (C=O) groups is 1. The van der Waals surface area contributed by atoms with E-state index in [1.165, 1.54) is 18.5 Å². The molecule has 1 aliphatic rings. The molecule has 4 aromatic rings. The summed E-state index contributed by atoms with van der Waals surface area (Å²) in [5.41, 5.74) is 5.12. The van der Waals surface area contributed by atoms with Crippen molar-refractivity contribution in [1.29, 1.82) is 0 Å². The summed E-state index contributed by atoms with van der Waals surface area (Å²) in [4.78, 5) is 18.7. The minimum Gasteiger partial charge on any atom is -0.476 e. The average Bonchev–Trinajstić information content (AvgIpc) is 3.56. The van der Waals surface area contributed by atoms with Gasteiger partial charge in [0.05, 0.1) is 0 Å². The zero-order valence-electron chi connectivity index (χ0n) is 21.7. The molecule has 2 aromatic carbocycles. The molecule has 9 nitrogen and oxygen atoms in total. The number of H-pyrrole nitrogens is 1. The number of unbranched alkanes of at least 4 members (excludes halogenated alkanes) is 1. The van der Waals surface area contributed by atoms with E-state index in [1.807, 2.05) is 12.1 Å². The van der Waals surface area contributed by atoms with Crippen LogP contribution in [0, 0.1) is 5.92 Å². The van der Waals surface area contributed by atoms with Crippen molar-refractivity contribution >= 4 is 23.3 Å². The number of hydrogen-bond donors (Lipinski definition) is 2. The molecule has 0 radical (unpaired) electrons. The number of aromatic nitrogens is 6. The van der Waals surface area contributed by atoms with Gasteiger partial charge in [0.1, 0.15) is 5.82 Å². The first-order chi connectivity index (χ1) is 18.4. The number of nitrogens with one attached hydrogen (secondary N) is 1. The lowest BCUT2D eigenvalue weighted by atomic mass is 9.95. The third-order valence-corrected chi connectivity index (χ3v) is 7.44. The van der Waals surface area contributed by atoms with Crippen LogP contribution in [0.25, 0.3) is 22.5 Å². The molecule has 0 spiro atoms. The number of imidazole rings is 1. The largest absolute Gasteiger partial charge is 0.476 e. The number of benzene rings is 2. The van der Waals surface area contributed by atoms with Crippen LogP contribution in [-0.2, 0) is 13.0 Å². The number of aromatic carboxylic acids is 1. The zero-order valence-corrected chi connectivity index (χ0v) is 22.4. The van der Waals surface area contributed by atoms with Crippen molar-refractivity contribution in [2.24, 2.45) is 5.92 Å². The predicted octanol–water partition coefficient (Wildman–Crippen LogP) is 5.71. The van der Waals surface area contributed by atoms with Gasteiger partial charge in [0, 0.05) is 37.3 Å². The zero-order chi connectivity index (χ0) is 26.6. The van der Waals surface area contributed by atoms with E-state index in [1.54, 1.807) is 4.57 Å². The maximum absolute atomic E-state index is 11.9. The van der Waals surface area contributed by atoms with E-state index in [2.05, 4.69) is 74.7 Å². The van der Waals surface area contributed by atoms with E-state index in [4.69, 9.17) is 11.6 Å². The number of rotatable bonds is 9. The van der Waals surface area contributed by atoms with Gasteiger partial charge in [-0.3, -0.25) is 0 Å². The van der Waals surface area contributed by atoms with E-state index >= 15 is 0 Å². The third-order valence-electron chi connectivity index (χ3n) is 7.18. The van der Waals surface area contributed by atoms with Gasteiger partial charge < -0.3 is 14.6 Å². The maximum Gasteiger partial charge on any atom is 0.355 e. The summed E-state index contributed by atoms with van der Waals surface area (Å²) in [5, 5.41) is 24.6. The van der Waals surface area contributed by atoms with Crippen molar-refractivity contribution in [3.63, 3.8) is 0 Å². The highest BCUT2D eigenvalue weighted by Crippen LogP contribution is 2.35. The van der Waals surface area contributed by atoms with E-state index in [9.17, 15) is 9.90 Å². The van der Waals surface area contributed by atoms with Gasteiger partial charge in [0.2, 0.25) is 5.82 Å². The average molecular weight is 534 g/mol. The van der Waals surface area contributed by atoms with Crippen molar-refractivity contribution in [2.45, 2.75) is 52.5 Å². The molecule has 2 aromatic heterocycles. The molecule has 198 valence electrons. The van der Waals surface area contributed by atoms with Crippen LogP contribution in [0.1, 0.15) is 61.4 Å². The lowest BCUT2D eigenvalue weighted by Gasteiger charge is -2.33. The second kappa shape index (κ2) is 11.3. The normalized spacial score (nSPS) is 15.7. The smallest absolute Gasteiger partial charge is 0.355 e. The van der Waals surface area contributed by atoms with Gasteiger partial charge >= 0.3 is 5.97 Å². The molecule has 0 bridgehead atoms. The van der Waals surface area contributed by atoms with E-state index < -0.39 is 5.97 Å². The summed E-state index contributed by atoms with van der Waals surface area (Å²) in [5.74, 6) is 0.831. The van der Waals surface area contributed by atoms with E-state index in [0.717, 1.165) is 48.2 Å². The molecular weight excluding hydrogens is 502 g/mol. The molecule has 38 heavy (non-hydrogen) atoms. The van der Waals surface area contributed by atoms with Gasteiger partial charge in [-0.05, 0) is 65.3 Å². The molecule has 2 N–H and O–H groups in total. The number of nitrogens with zero attached hydrogens (tertiary/aromatic N) is 6. The van der Waals surface area contributed by atoms with Crippen LogP contribution < -0.4 is 4.90 Å². The molecule has 10 heteroatoms. The third kappa shape index (κ3) is 5.43. The lowest BCUT2D eigenvalue weighted by Crippen LogP contribution is -2.34. The van der Waals surface area contributed by atoms with Gasteiger partial charge in [0.15, 0.2) is 10.8 Å². The first-order valence-electron chi connectivity index (χ1n) is 13.1. The molecule has 1 fully saturated rings. The molecule has 0 amide bonds. The number of carboxylic acids is 1. The standard InChI is InChI=1S/C28H32ClN7O2/c1-3-4-7-24-30-26(29)25(28(37)38)36(24)17-19-8-10-20(11-9-19)23-15-21(35-14-5-6-18(2)16-35)12-13-22(23)27-31-33-34-32-27/h8-13,15,18H,3-7,14,16-17H2,1-2H3,(H,37,38)(H,31,32,33,34)/t18-/m1/s1. The Hall–Kier alpha value is -3.72. The molecule has 0 saturated carbocycles. The van der Waals surface area contributed by atoms with Crippen molar-refractivity contribution in [2.75, 3.05) is 18.0 Å². The molecular formula is C28H32ClN7O2. The number of carboxylic acid groups (broad SMARTS) is 1. The molecule has 0 aliphatic carbocycles. The fourth-order valence-electron chi connectivity index (χ4n) is 5.20. The van der Waals surface area contributed by atoms with Crippen LogP contribution in [0.3, 0.4) is 0 Å². The molecule has 3 heterocycles. The highest BCUT2D eigenvalue weighted by molar-refractivity contribution is 6.32. The lowest BCUT2D eigenvalue weighted by molar-refractivity contribution is 0.0685. The van der Waals surface area contributed by atoms with Crippen molar-refractivity contribution in [1.82, 2.24) is 30.2 Å². The van der Waals surface area contributed by atoms with Crippen molar-refractivity contribution in [3.8, 4) is 22.5 Å². The monoisotopic (exact) mass is 533 g/mol. The Morgan fingerprint density at radius 2 is 2.00 bits per heavy atom. The fourth-order valence-corrected chi connectivity index (χ4v) is 5.48. The number of hydrogen-bond acceptors (Lipinski definition) is 6. The summed E-state index contributed by atoms with van der Waals surface area (Å²) < 4.78 is 1.72. The summed E-state index contributed by atoms with van der Waals surface area (Å²) in [6, 6.07) is 14.6. The first kappa shape index (κ1) is 25.9. The maximum atomic E-state index is 11.9. The minimum atomic E-state index is -1.07. The van der Waals surface area contributed by atoms with Crippen LogP contribution in [0.5, 0.6) is 0 Å². The number of tetrazole rings is 1. The Balaban J connectivity index is 1.48. The van der Waals surface area contributed by atoms with Gasteiger partial charge in [-0.2, -0.15) is 5.21 Å². The number of halogens is 1. The molecule has 1 aliphatic heterocycles. The highest BCUT2D eigenvalue weighted by atomic mass is 35.5. The Labute approximate surface area is 226 Å². The number of piperidine rings is 1. The minimum absolute atomic E-state index is 0.0321. The van der Waals surface area contributed by atoms with Gasteiger partial charge in [-0.15, -0.1) is 10.2 Å². The predicted molar refractivity (Wildman–Crippen MR) is 148 cm³/mol. The van der Waals surface area contributed by atoms with Crippen LogP contribution in [0.4, 0.5) is 5.69 Å². The van der Waals surface area contributed by atoms with Gasteiger partial charge in [-0.25, -0.2) is 9.78 Å². The summed E-state index contributed by atoms with van der Waals surface area (Å²) in [7, 11) is 0. The fraction of sp³-hybridized carbons (Fsp3) is 0.393. The Kier molecular flexibility index (Phi) is 7.74. The van der Waals surface area contributed by atoms with Crippen LogP contribution in [-0.4, -0.2) is 54.3 Å². The van der Waals surface area contributed by atoms with Gasteiger partial charge in [0.25, 0.3) is 0 Å². The number of aryl methyl sites for hydroxylation is 1. The topological polar surface area (TPSA) is 113 Å². The molecule has 1 atom stereocenters. The number of aromatic amines is 1. The molecule has 0 unspecified atom stereocenters. The molecule has 1 saturated heterocycles. The highest BCUT2D eigenvalue weighted by Gasteiger charge is 2.22. The second-order valence-electron chi connectivity index (χ2n) is 10.0. The Bertz CT molecular complexity index is 1400. The second-order valence-corrected chi connectivity index (χ2v) is 10.4. The summed E-state index contributed by atoms with van der Waals surface area (Å²) in [6.45, 7) is 6.86. The van der Waals surface area contributed by atoms with E-state index in [-0.39, 0.29) is 10.8 Å². The molecule has 5 rings (SSSR count). The van der Waals surface area contributed by atoms with Crippen LogP contribution in [0.15, 0.2) is 42.5 Å². The van der Waals surface area contributed by atoms with Crippen molar-refractivity contribution < 1.29 is 9.90 Å². The Morgan fingerprint density at radius 1 is 1.18 bits per heavy atom. The SMILES string of the molecule is CCCCc1nc(Cl)c(C(=O)O)n1Cc1ccc(-c2cc(N3CCC[C@@H](C)C3)ccc2-c2nn[nH]n2)cc1. The van der Waals surface area contributed by atoms with Crippen LogP contribution >= 0.6 is 11.6 Å². The van der Waals surface area contributed by atoms with Gasteiger partial charge in [-0.1, -0.05) is 56.1 Å². The quantitative estimate of drug-likeness (QED) is 0.283. The number of anilines is 1. The first-order valence-corrected chi connectivity index (χ1v) is 13.5. The van der Waals surface area contributed by atoms with Crippen molar-refractivity contribution in [3.05, 3.63) is 64.7 Å². The van der Waals surface area contributed by atoms with Crippen LogP contribution in [0.2, 0.25) is 5.15 Å². The van der Waals surface area contributed by atoms with E-state index in [0.29, 0.717) is 30.5 Å². The summed E-state index contributed by atoms with van der Waals surface area (Å²) in [6.07, 6.45) is 5.03. The summed E-state index contributed by atoms with van der Waals surface area (Å²) >= 11 is 6.21.